The van der Waals surface area contributed by atoms with Gasteiger partial charge in [-0.3, -0.25) is 14.1 Å². The molecule has 3 aromatic rings. The van der Waals surface area contributed by atoms with Gasteiger partial charge < -0.3 is 16.0 Å². The molecule has 4 N–H and O–H groups in total. The SMILES string of the molecule is Cc1ccc(S(=O)(=O)O)cc1.N[C@H](Cc1cc(F)c(F)cc1F)[C@@H]1C[C@H]2CC[C@@H](C1)N2C(=O)C1(C(=O)NCc2ccccc2)CC1. The molecule has 0 radical (unpaired) electrons. The Balaban J connectivity index is 0.000000322. The Bertz CT molecular complexity index is 1670. The second-order valence-electron chi connectivity index (χ2n) is 12.6. The Hall–Kier alpha value is -3.74. The maximum atomic E-state index is 14.1. The van der Waals surface area contributed by atoms with E-state index >= 15 is 0 Å². The van der Waals surface area contributed by atoms with Gasteiger partial charge in [0.1, 0.15) is 11.2 Å². The Morgan fingerprint density at radius 1 is 0.957 bits per heavy atom. The molecule has 2 heterocycles. The highest BCUT2D eigenvalue weighted by atomic mass is 32.2. The maximum absolute atomic E-state index is 14.1. The van der Waals surface area contributed by atoms with Gasteiger partial charge >= 0.3 is 0 Å². The lowest BCUT2D eigenvalue weighted by molar-refractivity contribution is -0.148. The van der Waals surface area contributed by atoms with E-state index in [1.165, 1.54) is 12.1 Å². The maximum Gasteiger partial charge on any atom is 0.294 e. The van der Waals surface area contributed by atoms with Crippen molar-refractivity contribution in [2.24, 2.45) is 17.1 Å². The molecule has 2 bridgehead atoms. The first-order valence-electron chi connectivity index (χ1n) is 15.4. The van der Waals surface area contributed by atoms with E-state index in [1.54, 1.807) is 12.1 Å². The van der Waals surface area contributed by atoms with Gasteiger partial charge in [-0.1, -0.05) is 48.0 Å². The third kappa shape index (κ3) is 7.45. The lowest BCUT2D eigenvalue weighted by atomic mass is 9.82. The number of aryl methyl sites for hydroxylation is 1. The zero-order valence-electron chi connectivity index (χ0n) is 25.5. The number of benzene rings is 3. The molecule has 0 aromatic heterocycles. The summed E-state index contributed by atoms with van der Waals surface area (Å²) in [5.41, 5.74) is 7.43. The lowest BCUT2D eigenvalue weighted by Gasteiger charge is -2.42. The van der Waals surface area contributed by atoms with Crippen molar-refractivity contribution in [1.82, 2.24) is 10.2 Å². The number of rotatable bonds is 8. The van der Waals surface area contributed by atoms with Crippen molar-refractivity contribution in [3.63, 3.8) is 0 Å². The topological polar surface area (TPSA) is 130 Å². The Morgan fingerprint density at radius 3 is 2.11 bits per heavy atom. The van der Waals surface area contributed by atoms with Crippen LogP contribution in [0.15, 0.2) is 71.6 Å². The Kier molecular flexibility index (Phi) is 9.90. The molecule has 12 heteroatoms. The highest BCUT2D eigenvalue weighted by Gasteiger charge is 2.61. The minimum atomic E-state index is -4.02. The summed E-state index contributed by atoms with van der Waals surface area (Å²) in [6.07, 6.45) is 4.24. The molecule has 8 nitrogen and oxygen atoms in total. The average molecular weight is 658 g/mol. The summed E-state index contributed by atoms with van der Waals surface area (Å²) in [5, 5.41) is 2.94. The summed E-state index contributed by atoms with van der Waals surface area (Å²) >= 11 is 0. The third-order valence-corrected chi connectivity index (χ3v) is 10.2. The van der Waals surface area contributed by atoms with Gasteiger partial charge in [-0.15, -0.1) is 0 Å². The first-order valence-corrected chi connectivity index (χ1v) is 16.8. The van der Waals surface area contributed by atoms with Crippen LogP contribution in [0.2, 0.25) is 0 Å². The number of nitrogens with two attached hydrogens (primary N) is 1. The summed E-state index contributed by atoms with van der Waals surface area (Å²) in [6, 6.07) is 16.6. The first kappa shape index (κ1) is 33.6. The molecule has 0 spiro atoms. The van der Waals surface area contributed by atoms with Crippen LogP contribution in [0.3, 0.4) is 0 Å². The smallest absolute Gasteiger partial charge is 0.294 e. The number of carbonyl (C=O) groups is 2. The van der Waals surface area contributed by atoms with E-state index in [1.807, 2.05) is 42.2 Å². The minimum Gasteiger partial charge on any atom is -0.351 e. The predicted molar refractivity (Wildman–Crippen MR) is 165 cm³/mol. The largest absolute Gasteiger partial charge is 0.351 e. The molecular formula is C34H38F3N3O5S. The van der Waals surface area contributed by atoms with Crippen LogP contribution in [0.5, 0.6) is 0 Å². The van der Waals surface area contributed by atoms with Gasteiger partial charge in [-0.2, -0.15) is 8.42 Å². The fourth-order valence-electron chi connectivity index (χ4n) is 6.61. The molecule has 3 fully saturated rings. The van der Waals surface area contributed by atoms with Crippen LogP contribution >= 0.6 is 0 Å². The van der Waals surface area contributed by atoms with Gasteiger partial charge in [0.05, 0.1) is 4.90 Å². The molecule has 1 saturated carbocycles. The van der Waals surface area contributed by atoms with Crippen LogP contribution in [0.1, 0.15) is 55.2 Å². The van der Waals surface area contributed by atoms with E-state index in [4.69, 9.17) is 10.3 Å². The summed E-state index contributed by atoms with van der Waals surface area (Å²) < 4.78 is 70.5. The molecule has 6 rings (SSSR count). The van der Waals surface area contributed by atoms with Crippen molar-refractivity contribution in [3.8, 4) is 0 Å². The summed E-state index contributed by atoms with van der Waals surface area (Å²) in [7, 11) is -4.02. The highest BCUT2D eigenvalue weighted by molar-refractivity contribution is 7.85. The van der Waals surface area contributed by atoms with Gasteiger partial charge in [0.15, 0.2) is 11.6 Å². The fraction of sp³-hybridized carbons (Fsp3) is 0.412. The van der Waals surface area contributed by atoms with E-state index in [0.29, 0.717) is 38.3 Å². The van der Waals surface area contributed by atoms with E-state index < -0.39 is 39.0 Å². The van der Waals surface area contributed by atoms with Gasteiger partial charge in [0.25, 0.3) is 10.1 Å². The fourth-order valence-corrected chi connectivity index (χ4v) is 7.09. The standard InChI is InChI=1S/C27H30F3N3O2.C7H8O3S/c28-21-14-23(30)22(29)12-17(21)13-24(31)18-10-19-6-7-20(11-18)33(19)26(35)27(8-9-27)25(34)32-15-16-4-2-1-3-5-16;1-6-2-4-7(5-3-6)11(8,9)10/h1-5,12,14,18-20,24H,6-11,13,15,31H2,(H,32,34);2-5H,1H3,(H,8,9,10)/t18-,19-,20+,24-;/m1./s1. The van der Waals surface area contributed by atoms with E-state index in [0.717, 1.165) is 30.0 Å². The number of fused-ring (bicyclic) bond motifs is 2. The Morgan fingerprint density at radius 2 is 1.54 bits per heavy atom. The van der Waals surface area contributed by atoms with Crippen molar-refractivity contribution in [3.05, 3.63) is 101 Å². The molecule has 46 heavy (non-hydrogen) atoms. The van der Waals surface area contributed by atoms with Gasteiger partial charge in [-0.05, 0) is 87.1 Å². The monoisotopic (exact) mass is 657 g/mol. The molecule has 0 unspecified atom stereocenters. The number of piperidine rings is 1. The number of nitrogens with one attached hydrogen (secondary N) is 1. The first-order chi connectivity index (χ1) is 21.8. The molecule has 3 aliphatic rings. The quantitative estimate of drug-likeness (QED) is 0.176. The molecule has 2 saturated heterocycles. The van der Waals surface area contributed by atoms with Crippen molar-refractivity contribution < 1.29 is 35.7 Å². The predicted octanol–water partition coefficient (Wildman–Crippen LogP) is 5.08. The van der Waals surface area contributed by atoms with Crippen molar-refractivity contribution in [1.29, 1.82) is 0 Å². The van der Waals surface area contributed by atoms with Crippen molar-refractivity contribution in [2.75, 3.05) is 0 Å². The van der Waals surface area contributed by atoms with Gasteiger partial charge in [-0.25, -0.2) is 13.2 Å². The summed E-state index contributed by atoms with van der Waals surface area (Å²) in [6.45, 7) is 2.23. The lowest BCUT2D eigenvalue weighted by Crippen LogP contribution is -2.54. The third-order valence-electron chi connectivity index (χ3n) is 9.36. The van der Waals surface area contributed by atoms with E-state index in [9.17, 15) is 31.2 Å². The molecule has 246 valence electrons. The van der Waals surface area contributed by atoms with Gasteiger partial charge in [0.2, 0.25) is 11.8 Å². The number of halogens is 3. The number of hydrogen-bond acceptors (Lipinski definition) is 5. The van der Waals surface area contributed by atoms with Crippen LogP contribution in [0.25, 0.3) is 0 Å². The zero-order chi connectivity index (χ0) is 33.2. The molecule has 1 aliphatic carbocycles. The Labute approximate surface area is 266 Å². The van der Waals surface area contributed by atoms with Crippen molar-refractivity contribution in [2.45, 2.75) is 81.4 Å². The average Bonchev–Trinajstić information content (AvgIpc) is 3.79. The molecule has 3 aromatic carbocycles. The molecule has 2 aliphatic heterocycles. The van der Waals surface area contributed by atoms with E-state index in [2.05, 4.69) is 5.32 Å². The van der Waals surface area contributed by atoms with Crippen LogP contribution in [0, 0.1) is 35.7 Å². The van der Waals surface area contributed by atoms with Crippen molar-refractivity contribution >= 4 is 21.9 Å². The zero-order valence-corrected chi connectivity index (χ0v) is 26.3. The van der Waals surface area contributed by atoms with Crippen LogP contribution in [-0.4, -0.2) is 47.8 Å². The molecule has 4 atom stereocenters. The number of hydrogen-bond donors (Lipinski definition) is 3. The normalized spacial score (nSPS) is 22.0. The highest BCUT2D eigenvalue weighted by Crippen LogP contribution is 2.51. The minimum absolute atomic E-state index is 0.00787. The number of nitrogens with zero attached hydrogens (tertiary/aromatic N) is 1. The second-order valence-corrected chi connectivity index (χ2v) is 14.0. The number of amides is 2. The summed E-state index contributed by atoms with van der Waals surface area (Å²) in [5.74, 6) is -3.37. The summed E-state index contributed by atoms with van der Waals surface area (Å²) in [4.78, 5) is 28.4. The number of carbonyl (C=O) groups excluding carboxylic acids is 2. The van der Waals surface area contributed by atoms with E-state index in [-0.39, 0.29) is 46.7 Å². The van der Waals surface area contributed by atoms with Crippen LogP contribution in [-0.2, 0) is 32.7 Å². The van der Waals surface area contributed by atoms with Crippen LogP contribution in [0.4, 0.5) is 13.2 Å². The molecular weight excluding hydrogens is 619 g/mol. The van der Waals surface area contributed by atoms with Gasteiger partial charge in [0, 0.05) is 30.7 Å². The van der Waals surface area contributed by atoms with Crippen LogP contribution < -0.4 is 11.1 Å². The second kappa shape index (κ2) is 13.5. The molecule has 2 amide bonds.